The molecule has 0 radical (unpaired) electrons. The maximum atomic E-state index is 6.43. The number of furan rings is 1. The molecule has 3 aromatic heterocycles. The molecule has 0 unspecified atom stereocenters. The lowest BCUT2D eigenvalue weighted by atomic mass is 10.1. The molecule has 0 amide bonds. The Kier molecular flexibility index (Phi) is 5.83. The van der Waals surface area contributed by atoms with Gasteiger partial charge in [0.2, 0.25) is 0 Å². The van der Waals surface area contributed by atoms with Gasteiger partial charge in [-0.3, -0.25) is 0 Å². The first-order valence-corrected chi connectivity index (χ1v) is 17.7. The Bertz CT molecular complexity index is 3110. The standard InChI is InChI=1S/C46H28N2OS/c1-2-12-31(13-3-1)48-41-16-8-6-14-35(41)36-21-18-33(27-42(36)48)47(34-19-22-38-37-15-7-9-17-43(37)49-44(38)28-34)32-20-23-45-40(26-32)39-24-29-10-4-5-11-30(29)25-46(39)50-45/h1-28H. The fourth-order valence-electron chi connectivity index (χ4n) is 7.84. The number of hydrogen-bond donors (Lipinski definition) is 0. The first-order chi connectivity index (χ1) is 24.8. The first kappa shape index (κ1) is 27.6. The number of thiophene rings is 1. The summed E-state index contributed by atoms with van der Waals surface area (Å²) >= 11 is 1.86. The molecule has 50 heavy (non-hydrogen) atoms. The van der Waals surface area contributed by atoms with E-state index < -0.39 is 0 Å². The van der Waals surface area contributed by atoms with E-state index in [0.717, 1.165) is 44.7 Å². The number of anilines is 3. The van der Waals surface area contributed by atoms with E-state index in [-0.39, 0.29) is 0 Å². The van der Waals surface area contributed by atoms with Gasteiger partial charge >= 0.3 is 0 Å². The maximum absolute atomic E-state index is 6.43. The summed E-state index contributed by atoms with van der Waals surface area (Å²) in [5, 5.41) is 9.81. The highest BCUT2D eigenvalue weighted by Crippen LogP contribution is 2.44. The molecule has 8 aromatic carbocycles. The van der Waals surface area contributed by atoms with Gasteiger partial charge in [-0.15, -0.1) is 11.3 Å². The summed E-state index contributed by atoms with van der Waals surface area (Å²) in [6.45, 7) is 0. The molecule has 0 N–H and O–H groups in total. The molecule has 0 fully saturated rings. The van der Waals surface area contributed by atoms with E-state index in [4.69, 9.17) is 4.42 Å². The van der Waals surface area contributed by atoms with E-state index in [0.29, 0.717) is 0 Å². The predicted octanol–water partition coefficient (Wildman–Crippen LogP) is 13.7. The van der Waals surface area contributed by atoms with Crippen LogP contribution < -0.4 is 4.90 Å². The van der Waals surface area contributed by atoms with Gasteiger partial charge in [-0.05, 0) is 89.6 Å². The van der Waals surface area contributed by atoms with E-state index in [1.54, 1.807) is 0 Å². The molecule has 11 rings (SSSR count). The highest BCUT2D eigenvalue weighted by atomic mass is 32.1. The second-order valence-electron chi connectivity index (χ2n) is 13.0. The van der Waals surface area contributed by atoms with Crippen LogP contribution in [0, 0.1) is 0 Å². The zero-order valence-corrected chi connectivity index (χ0v) is 27.7. The van der Waals surface area contributed by atoms with Crippen LogP contribution in [-0.4, -0.2) is 4.57 Å². The van der Waals surface area contributed by atoms with Crippen molar-refractivity contribution in [2.45, 2.75) is 0 Å². The average molecular weight is 657 g/mol. The third-order valence-corrected chi connectivity index (χ3v) is 11.3. The van der Waals surface area contributed by atoms with Crippen molar-refractivity contribution in [1.82, 2.24) is 4.57 Å². The van der Waals surface area contributed by atoms with Crippen LogP contribution in [0.2, 0.25) is 0 Å². The fraction of sp³-hybridized carbons (Fsp3) is 0. The third kappa shape index (κ3) is 4.09. The van der Waals surface area contributed by atoms with Crippen LogP contribution in [0.3, 0.4) is 0 Å². The summed E-state index contributed by atoms with van der Waals surface area (Å²) in [7, 11) is 0. The molecule has 0 saturated heterocycles. The van der Waals surface area contributed by atoms with E-state index in [9.17, 15) is 0 Å². The van der Waals surface area contributed by atoms with Crippen molar-refractivity contribution in [3.8, 4) is 5.69 Å². The fourth-order valence-corrected chi connectivity index (χ4v) is 8.96. The lowest BCUT2D eigenvalue weighted by Gasteiger charge is -2.26. The van der Waals surface area contributed by atoms with Crippen LogP contribution in [0.5, 0.6) is 0 Å². The minimum absolute atomic E-state index is 0.877. The van der Waals surface area contributed by atoms with Crippen LogP contribution in [-0.2, 0) is 0 Å². The third-order valence-electron chi connectivity index (χ3n) is 10.1. The molecular formula is C46H28N2OS. The molecule has 3 heterocycles. The molecule has 4 heteroatoms. The number of benzene rings is 8. The molecule has 3 nitrogen and oxygen atoms in total. The van der Waals surface area contributed by atoms with E-state index in [2.05, 4.69) is 167 Å². The van der Waals surface area contributed by atoms with Gasteiger partial charge in [-0.25, -0.2) is 0 Å². The Hall–Kier alpha value is -6.36. The molecule has 234 valence electrons. The van der Waals surface area contributed by atoms with Crippen molar-refractivity contribution in [2.75, 3.05) is 4.90 Å². The van der Waals surface area contributed by atoms with E-state index in [1.165, 1.54) is 52.8 Å². The average Bonchev–Trinajstić information content (AvgIpc) is 3.83. The minimum atomic E-state index is 0.877. The van der Waals surface area contributed by atoms with Gasteiger partial charge in [0, 0.05) is 70.5 Å². The highest BCUT2D eigenvalue weighted by molar-refractivity contribution is 7.25. The number of para-hydroxylation sites is 3. The van der Waals surface area contributed by atoms with Crippen LogP contribution in [0.15, 0.2) is 174 Å². The van der Waals surface area contributed by atoms with Crippen molar-refractivity contribution in [3.05, 3.63) is 170 Å². The molecule has 0 saturated carbocycles. The number of hydrogen-bond acceptors (Lipinski definition) is 3. The van der Waals surface area contributed by atoms with Gasteiger partial charge in [-0.1, -0.05) is 84.9 Å². The van der Waals surface area contributed by atoms with Crippen molar-refractivity contribution in [2.24, 2.45) is 0 Å². The Balaban J connectivity index is 1.18. The Labute approximate surface area is 291 Å². The largest absolute Gasteiger partial charge is 0.456 e. The molecule has 0 atom stereocenters. The maximum Gasteiger partial charge on any atom is 0.137 e. The number of nitrogens with zero attached hydrogens (tertiary/aromatic N) is 2. The molecule has 0 aliphatic heterocycles. The summed E-state index contributed by atoms with van der Waals surface area (Å²) in [4.78, 5) is 2.38. The monoisotopic (exact) mass is 656 g/mol. The van der Waals surface area contributed by atoms with Gasteiger partial charge < -0.3 is 13.9 Å². The Morgan fingerprint density at radius 3 is 1.90 bits per heavy atom. The van der Waals surface area contributed by atoms with Gasteiger partial charge in [0.1, 0.15) is 11.2 Å². The highest BCUT2D eigenvalue weighted by Gasteiger charge is 2.20. The van der Waals surface area contributed by atoms with Gasteiger partial charge in [0.05, 0.1) is 11.0 Å². The Morgan fingerprint density at radius 2 is 1.02 bits per heavy atom. The van der Waals surface area contributed by atoms with Crippen molar-refractivity contribution >= 4 is 103 Å². The zero-order valence-electron chi connectivity index (χ0n) is 26.9. The van der Waals surface area contributed by atoms with Gasteiger partial charge in [0.25, 0.3) is 0 Å². The quantitative estimate of drug-likeness (QED) is 0.188. The summed E-state index contributed by atoms with van der Waals surface area (Å²) < 4.78 is 11.4. The summed E-state index contributed by atoms with van der Waals surface area (Å²) in [5.41, 5.74) is 8.50. The molecule has 0 bridgehead atoms. The normalized spacial score (nSPS) is 12.0. The summed E-state index contributed by atoms with van der Waals surface area (Å²) in [5.74, 6) is 0. The van der Waals surface area contributed by atoms with Crippen LogP contribution in [0.25, 0.3) is 80.4 Å². The van der Waals surface area contributed by atoms with Crippen LogP contribution in [0.1, 0.15) is 0 Å². The van der Waals surface area contributed by atoms with Crippen molar-refractivity contribution in [3.63, 3.8) is 0 Å². The summed E-state index contributed by atoms with van der Waals surface area (Å²) in [6, 6.07) is 61.4. The Morgan fingerprint density at radius 1 is 0.400 bits per heavy atom. The predicted molar refractivity (Wildman–Crippen MR) is 213 cm³/mol. The van der Waals surface area contributed by atoms with Gasteiger partial charge in [-0.2, -0.15) is 0 Å². The van der Waals surface area contributed by atoms with Crippen LogP contribution in [0.4, 0.5) is 17.1 Å². The lowest BCUT2D eigenvalue weighted by molar-refractivity contribution is 0.669. The van der Waals surface area contributed by atoms with Crippen LogP contribution >= 0.6 is 11.3 Å². The molecular weight excluding hydrogens is 629 g/mol. The molecule has 0 spiro atoms. The lowest BCUT2D eigenvalue weighted by Crippen LogP contribution is -2.10. The molecule has 0 aliphatic rings. The second-order valence-corrected chi connectivity index (χ2v) is 14.1. The number of aromatic nitrogens is 1. The van der Waals surface area contributed by atoms with E-state index >= 15 is 0 Å². The molecule has 11 aromatic rings. The number of fused-ring (bicyclic) bond motifs is 10. The first-order valence-electron chi connectivity index (χ1n) is 16.9. The second kappa shape index (κ2) is 10.6. The number of rotatable bonds is 4. The summed E-state index contributed by atoms with van der Waals surface area (Å²) in [6.07, 6.45) is 0. The van der Waals surface area contributed by atoms with Crippen molar-refractivity contribution < 1.29 is 4.42 Å². The topological polar surface area (TPSA) is 21.3 Å². The SMILES string of the molecule is c1ccc(-n2c3ccccc3c3ccc(N(c4ccc5c(c4)oc4ccccc45)c4ccc5sc6cc7ccccc7cc6c5c4)cc32)cc1. The zero-order chi connectivity index (χ0) is 32.8. The minimum Gasteiger partial charge on any atom is -0.456 e. The molecule has 0 aliphatic carbocycles. The van der Waals surface area contributed by atoms with Gasteiger partial charge in [0.15, 0.2) is 0 Å². The van der Waals surface area contributed by atoms with Crippen molar-refractivity contribution in [1.29, 1.82) is 0 Å². The smallest absolute Gasteiger partial charge is 0.137 e. The van der Waals surface area contributed by atoms with E-state index in [1.807, 2.05) is 23.5 Å².